The summed E-state index contributed by atoms with van der Waals surface area (Å²) >= 11 is 13.0. The second-order valence-electron chi connectivity index (χ2n) is 12.5. The quantitative estimate of drug-likeness (QED) is 0.161. The monoisotopic (exact) mass is 633 g/mol. The number of nitrogens with zero attached hydrogens (tertiary/aromatic N) is 5. The maximum atomic E-state index is 6.59. The van der Waals surface area contributed by atoms with Crippen molar-refractivity contribution in [3.05, 3.63) is 93.5 Å². The summed E-state index contributed by atoms with van der Waals surface area (Å²) in [5, 5.41) is 1.28. The van der Waals surface area contributed by atoms with Crippen LogP contribution in [-0.4, -0.2) is 78.4 Å². The van der Waals surface area contributed by atoms with Crippen molar-refractivity contribution < 1.29 is 4.74 Å². The van der Waals surface area contributed by atoms with E-state index in [-0.39, 0.29) is 5.41 Å². The number of anilines is 1. The van der Waals surface area contributed by atoms with Crippen LogP contribution in [0.25, 0.3) is 11.0 Å². The van der Waals surface area contributed by atoms with Crippen molar-refractivity contribution in [1.82, 2.24) is 19.4 Å². The Kier molecular flexibility index (Phi) is 10.1. The van der Waals surface area contributed by atoms with E-state index in [0.717, 1.165) is 96.2 Å². The van der Waals surface area contributed by atoms with Gasteiger partial charge in [-0.15, -0.1) is 0 Å². The van der Waals surface area contributed by atoms with Gasteiger partial charge in [-0.2, -0.15) is 0 Å². The number of ether oxygens (including phenoxy) is 1. The van der Waals surface area contributed by atoms with Crippen LogP contribution in [0.2, 0.25) is 10.0 Å². The molecular formula is C36H45Cl2N5O. The third-order valence-corrected chi connectivity index (χ3v) is 10.4. The fourth-order valence-electron chi connectivity index (χ4n) is 7.12. The number of fused-ring (bicyclic) bond motifs is 1. The molecule has 0 aliphatic carbocycles. The molecular weight excluding hydrogens is 589 g/mol. The Bertz CT molecular complexity index is 1560. The number of aryl methyl sites for hydroxylation is 1. The van der Waals surface area contributed by atoms with E-state index >= 15 is 0 Å². The van der Waals surface area contributed by atoms with Crippen LogP contribution in [0.15, 0.2) is 66.7 Å². The van der Waals surface area contributed by atoms with Crippen LogP contribution in [0.3, 0.4) is 0 Å². The zero-order valence-corrected chi connectivity index (χ0v) is 27.7. The molecule has 2 saturated heterocycles. The molecule has 6 rings (SSSR count). The summed E-state index contributed by atoms with van der Waals surface area (Å²) in [6.45, 7) is 14.8. The van der Waals surface area contributed by atoms with Crippen molar-refractivity contribution in [2.24, 2.45) is 0 Å². The molecule has 4 aromatic rings. The third kappa shape index (κ3) is 6.95. The molecule has 1 atom stereocenters. The number of para-hydroxylation sites is 2. The predicted molar refractivity (Wildman–Crippen MR) is 183 cm³/mol. The highest BCUT2D eigenvalue weighted by molar-refractivity contribution is 6.42. The molecule has 0 radical (unpaired) electrons. The first kappa shape index (κ1) is 31.4. The summed E-state index contributed by atoms with van der Waals surface area (Å²) in [7, 11) is 0. The lowest BCUT2D eigenvalue weighted by atomic mass is 9.76. The van der Waals surface area contributed by atoms with Crippen molar-refractivity contribution in [3.63, 3.8) is 0 Å². The molecule has 3 heterocycles. The van der Waals surface area contributed by atoms with Gasteiger partial charge in [0.25, 0.3) is 0 Å². The number of imidazole rings is 1. The molecule has 234 valence electrons. The minimum absolute atomic E-state index is 0.0517. The number of hydrogen-bond acceptors (Lipinski definition) is 5. The molecule has 0 N–H and O–H groups in total. The van der Waals surface area contributed by atoms with Gasteiger partial charge >= 0.3 is 0 Å². The Morgan fingerprint density at radius 3 is 2.55 bits per heavy atom. The van der Waals surface area contributed by atoms with Crippen molar-refractivity contribution in [3.8, 4) is 0 Å². The SMILES string of the molecule is CCOCCn1c(N2CCCN(CCC3(c4ccc(Cl)c(Cl)c4)CCN(Cc4ccccc4C)C3)CC2)nc2ccccc21. The number of hydrogen-bond donors (Lipinski definition) is 0. The minimum atomic E-state index is 0.0517. The Hall–Kier alpha value is -2.61. The van der Waals surface area contributed by atoms with Gasteiger partial charge in [0, 0.05) is 51.3 Å². The molecule has 1 aromatic heterocycles. The number of likely N-dealkylation sites (tertiary alicyclic amines) is 1. The Labute approximate surface area is 272 Å². The van der Waals surface area contributed by atoms with E-state index in [1.54, 1.807) is 0 Å². The second-order valence-corrected chi connectivity index (χ2v) is 13.3. The van der Waals surface area contributed by atoms with E-state index in [9.17, 15) is 0 Å². The highest BCUT2D eigenvalue weighted by Crippen LogP contribution is 2.41. The number of aromatic nitrogens is 2. The second kappa shape index (κ2) is 14.2. The van der Waals surface area contributed by atoms with E-state index < -0.39 is 0 Å². The van der Waals surface area contributed by atoms with Crippen molar-refractivity contribution in [2.45, 2.75) is 51.6 Å². The van der Waals surface area contributed by atoms with Crippen LogP contribution in [0.1, 0.15) is 42.9 Å². The maximum Gasteiger partial charge on any atom is 0.206 e. The molecule has 3 aromatic carbocycles. The molecule has 8 heteroatoms. The van der Waals surface area contributed by atoms with E-state index in [4.69, 9.17) is 32.9 Å². The van der Waals surface area contributed by atoms with Crippen LogP contribution in [0.5, 0.6) is 0 Å². The molecule has 2 aliphatic rings. The molecule has 44 heavy (non-hydrogen) atoms. The topological polar surface area (TPSA) is 36.8 Å². The lowest BCUT2D eigenvalue weighted by Gasteiger charge is -2.33. The summed E-state index contributed by atoms with van der Waals surface area (Å²) in [6.07, 6.45) is 3.34. The standard InChI is InChI=1S/C36H45Cl2N5O/c1-3-44-24-23-43-34-12-7-6-11-33(34)39-35(43)42-18-8-17-40(21-22-42)19-15-36(30-13-14-31(37)32(38)25-30)16-20-41(27-36)26-29-10-5-4-9-28(29)2/h4-7,9-14,25H,3,8,15-24,26-27H2,1-2H3. The van der Waals surface area contributed by atoms with Crippen LogP contribution in [-0.2, 0) is 23.2 Å². The first-order valence-electron chi connectivity index (χ1n) is 16.2. The summed E-state index contributed by atoms with van der Waals surface area (Å²) in [4.78, 5) is 12.9. The Morgan fingerprint density at radius 1 is 0.864 bits per heavy atom. The lowest BCUT2D eigenvalue weighted by molar-refractivity contribution is 0.140. The zero-order valence-electron chi connectivity index (χ0n) is 26.2. The molecule has 0 saturated carbocycles. The van der Waals surface area contributed by atoms with Crippen LogP contribution in [0.4, 0.5) is 5.95 Å². The molecule has 6 nitrogen and oxygen atoms in total. The summed E-state index contributed by atoms with van der Waals surface area (Å²) in [5.41, 5.74) is 6.38. The molecule has 2 fully saturated rings. The van der Waals surface area contributed by atoms with Crippen LogP contribution < -0.4 is 4.90 Å². The third-order valence-electron chi connectivity index (χ3n) is 9.70. The van der Waals surface area contributed by atoms with Crippen LogP contribution in [0, 0.1) is 6.92 Å². The normalized spacial score (nSPS) is 20.0. The maximum absolute atomic E-state index is 6.59. The van der Waals surface area contributed by atoms with Crippen molar-refractivity contribution >= 4 is 40.2 Å². The van der Waals surface area contributed by atoms with E-state index in [1.165, 1.54) is 22.2 Å². The van der Waals surface area contributed by atoms with Gasteiger partial charge < -0.3 is 19.1 Å². The fraction of sp³-hybridized carbons (Fsp3) is 0.472. The van der Waals surface area contributed by atoms with Gasteiger partial charge in [0.15, 0.2) is 0 Å². The molecule has 0 amide bonds. The van der Waals surface area contributed by atoms with Gasteiger partial charge in [-0.3, -0.25) is 4.90 Å². The van der Waals surface area contributed by atoms with E-state index in [1.807, 2.05) is 6.07 Å². The summed E-state index contributed by atoms with van der Waals surface area (Å²) < 4.78 is 8.08. The first-order valence-corrected chi connectivity index (χ1v) is 16.9. The van der Waals surface area contributed by atoms with Gasteiger partial charge in [-0.25, -0.2) is 4.98 Å². The number of rotatable bonds is 11. The highest BCUT2D eigenvalue weighted by Gasteiger charge is 2.40. The predicted octanol–water partition coefficient (Wildman–Crippen LogP) is 7.43. The van der Waals surface area contributed by atoms with Crippen molar-refractivity contribution in [2.75, 3.05) is 63.9 Å². The van der Waals surface area contributed by atoms with Crippen LogP contribution >= 0.6 is 23.2 Å². The average molecular weight is 635 g/mol. The molecule has 2 aliphatic heterocycles. The highest BCUT2D eigenvalue weighted by atomic mass is 35.5. The summed E-state index contributed by atoms with van der Waals surface area (Å²) in [6, 6.07) is 23.5. The Morgan fingerprint density at radius 2 is 1.70 bits per heavy atom. The Balaban J connectivity index is 1.16. The van der Waals surface area contributed by atoms with Gasteiger partial charge in [0.2, 0.25) is 5.95 Å². The molecule has 0 spiro atoms. The number of halogens is 2. The van der Waals surface area contributed by atoms with Gasteiger partial charge in [0.1, 0.15) is 0 Å². The first-order chi connectivity index (χ1) is 21.5. The largest absolute Gasteiger partial charge is 0.380 e. The lowest BCUT2D eigenvalue weighted by Crippen LogP contribution is -2.38. The zero-order chi connectivity index (χ0) is 30.5. The smallest absolute Gasteiger partial charge is 0.206 e. The van der Waals surface area contributed by atoms with E-state index in [2.05, 4.69) is 93.8 Å². The van der Waals surface area contributed by atoms with E-state index in [0.29, 0.717) is 16.7 Å². The van der Waals surface area contributed by atoms with Gasteiger partial charge in [-0.1, -0.05) is 65.7 Å². The van der Waals surface area contributed by atoms with Gasteiger partial charge in [-0.05, 0) is 93.7 Å². The number of benzene rings is 3. The molecule has 0 bridgehead atoms. The minimum Gasteiger partial charge on any atom is -0.380 e. The fourth-order valence-corrected chi connectivity index (χ4v) is 7.42. The molecule has 1 unspecified atom stereocenters. The van der Waals surface area contributed by atoms with Gasteiger partial charge in [0.05, 0.1) is 27.7 Å². The van der Waals surface area contributed by atoms with Crippen molar-refractivity contribution in [1.29, 1.82) is 0 Å². The average Bonchev–Trinajstić information content (AvgIpc) is 3.52. The summed E-state index contributed by atoms with van der Waals surface area (Å²) in [5.74, 6) is 1.07.